The number of piperidine rings is 1. The molecule has 1 aromatic carbocycles. The summed E-state index contributed by atoms with van der Waals surface area (Å²) in [4.78, 5) is 11.8. The minimum Gasteiger partial charge on any atom is -0.469 e. The number of hydrogen-bond donors (Lipinski definition) is 0. The minimum absolute atomic E-state index is 0.164. The number of carbonyl (C=O) groups is 1. The molecule has 1 fully saturated rings. The Hall–Kier alpha value is -0.440. The monoisotopic (exact) mass is 439 g/mol. The first-order valence-electron chi connectivity index (χ1n) is 6.39. The van der Waals surface area contributed by atoms with Crippen molar-refractivity contribution in [3.63, 3.8) is 0 Å². The van der Waals surface area contributed by atoms with Crippen LogP contribution in [0.4, 0.5) is 0 Å². The highest BCUT2D eigenvalue weighted by molar-refractivity contribution is 9.11. The number of rotatable bonds is 3. The van der Waals surface area contributed by atoms with E-state index in [1.165, 1.54) is 11.4 Å². The van der Waals surface area contributed by atoms with Gasteiger partial charge in [-0.25, -0.2) is 8.42 Å². The third-order valence-electron chi connectivity index (χ3n) is 3.43. The van der Waals surface area contributed by atoms with E-state index in [0.717, 1.165) is 4.47 Å². The first kappa shape index (κ1) is 16.9. The fourth-order valence-corrected chi connectivity index (χ4v) is 5.57. The lowest BCUT2D eigenvalue weighted by Gasteiger charge is -2.30. The lowest BCUT2D eigenvalue weighted by atomic mass is 10.0. The van der Waals surface area contributed by atoms with Crippen molar-refractivity contribution in [2.24, 2.45) is 5.92 Å². The molecule has 1 atom stereocenters. The fraction of sp³-hybridized carbons (Fsp3) is 0.462. The topological polar surface area (TPSA) is 63.7 Å². The Labute approximate surface area is 141 Å². The minimum atomic E-state index is -3.63. The van der Waals surface area contributed by atoms with Crippen LogP contribution in [0, 0.1) is 5.92 Å². The van der Waals surface area contributed by atoms with Crippen molar-refractivity contribution in [2.75, 3.05) is 20.2 Å². The lowest BCUT2D eigenvalue weighted by molar-refractivity contribution is -0.146. The highest BCUT2D eigenvalue weighted by Gasteiger charge is 2.34. The molecule has 1 aliphatic rings. The zero-order valence-electron chi connectivity index (χ0n) is 11.4. The lowest BCUT2D eigenvalue weighted by Crippen LogP contribution is -2.42. The summed E-state index contributed by atoms with van der Waals surface area (Å²) in [6.45, 7) is 0.579. The normalized spacial score (nSPS) is 20.2. The number of carbonyl (C=O) groups excluding carboxylic acids is 1. The standard InChI is InChI=1S/C13H15Br2NO4S/c1-20-13(17)9-3-2-6-16(8-9)21(18,19)12-5-4-10(14)7-11(12)15/h4-5,7,9H,2-3,6,8H2,1H3. The van der Waals surface area contributed by atoms with E-state index in [9.17, 15) is 13.2 Å². The summed E-state index contributed by atoms with van der Waals surface area (Å²) >= 11 is 6.58. The molecular weight excluding hydrogens is 426 g/mol. The van der Waals surface area contributed by atoms with Crippen LogP contribution in [0.1, 0.15) is 12.8 Å². The molecule has 116 valence electrons. The second kappa shape index (κ2) is 6.76. The molecule has 1 unspecified atom stereocenters. The summed E-state index contributed by atoms with van der Waals surface area (Å²) in [5.74, 6) is -0.752. The average Bonchev–Trinajstić information content (AvgIpc) is 2.46. The van der Waals surface area contributed by atoms with E-state index in [4.69, 9.17) is 4.74 Å². The van der Waals surface area contributed by atoms with Crippen LogP contribution in [0.15, 0.2) is 32.0 Å². The Kier molecular flexibility index (Phi) is 5.45. The van der Waals surface area contributed by atoms with E-state index >= 15 is 0 Å². The number of esters is 1. The highest BCUT2D eigenvalue weighted by atomic mass is 79.9. The maximum Gasteiger partial charge on any atom is 0.309 e. The average molecular weight is 441 g/mol. The van der Waals surface area contributed by atoms with Gasteiger partial charge in [0.25, 0.3) is 0 Å². The predicted octanol–water partition coefficient (Wildman–Crippen LogP) is 2.79. The molecule has 0 aliphatic carbocycles. The Morgan fingerprint density at radius 1 is 1.38 bits per heavy atom. The van der Waals surface area contributed by atoms with Gasteiger partial charge in [0.15, 0.2) is 0 Å². The first-order chi connectivity index (χ1) is 9.86. The van der Waals surface area contributed by atoms with E-state index < -0.39 is 15.9 Å². The maximum absolute atomic E-state index is 12.7. The van der Waals surface area contributed by atoms with Crippen molar-refractivity contribution in [3.05, 3.63) is 27.1 Å². The Morgan fingerprint density at radius 2 is 2.10 bits per heavy atom. The van der Waals surface area contributed by atoms with E-state index in [-0.39, 0.29) is 17.4 Å². The molecule has 0 aromatic heterocycles. The molecule has 0 radical (unpaired) electrons. The van der Waals surface area contributed by atoms with Crippen molar-refractivity contribution in [1.29, 1.82) is 0 Å². The summed E-state index contributed by atoms with van der Waals surface area (Å²) in [6, 6.07) is 4.92. The zero-order chi connectivity index (χ0) is 15.6. The van der Waals surface area contributed by atoms with Crippen molar-refractivity contribution < 1.29 is 17.9 Å². The second-order valence-corrected chi connectivity index (χ2v) is 8.48. The van der Waals surface area contributed by atoms with E-state index in [2.05, 4.69) is 31.9 Å². The smallest absolute Gasteiger partial charge is 0.309 e. The SMILES string of the molecule is COC(=O)C1CCCN(S(=O)(=O)c2ccc(Br)cc2Br)C1. The largest absolute Gasteiger partial charge is 0.469 e. The van der Waals surface area contributed by atoms with Crippen LogP contribution in [-0.4, -0.2) is 38.9 Å². The third-order valence-corrected chi connectivity index (χ3v) is 6.77. The molecule has 8 heteroatoms. The van der Waals surface area contributed by atoms with Crippen molar-refractivity contribution in [3.8, 4) is 0 Å². The summed E-state index contributed by atoms with van der Waals surface area (Å²) < 4.78 is 32.8. The van der Waals surface area contributed by atoms with Gasteiger partial charge in [-0.1, -0.05) is 15.9 Å². The Morgan fingerprint density at radius 3 is 2.71 bits per heavy atom. The van der Waals surface area contributed by atoms with Crippen LogP contribution in [0.25, 0.3) is 0 Å². The summed E-state index contributed by atoms with van der Waals surface area (Å²) in [5, 5.41) is 0. The molecular formula is C13H15Br2NO4S. The van der Waals surface area contributed by atoms with Gasteiger partial charge in [-0.05, 0) is 47.0 Å². The van der Waals surface area contributed by atoms with Gasteiger partial charge >= 0.3 is 5.97 Å². The number of nitrogens with zero attached hydrogens (tertiary/aromatic N) is 1. The van der Waals surface area contributed by atoms with Crippen LogP contribution < -0.4 is 0 Å². The Bertz CT molecular complexity index is 648. The van der Waals surface area contributed by atoms with Crippen LogP contribution >= 0.6 is 31.9 Å². The van der Waals surface area contributed by atoms with Gasteiger partial charge in [-0.15, -0.1) is 0 Å². The van der Waals surface area contributed by atoms with Gasteiger partial charge in [-0.2, -0.15) is 4.31 Å². The summed E-state index contributed by atoms with van der Waals surface area (Å²) in [5.41, 5.74) is 0. The van der Waals surface area contributed by atoms with Crippen LogP contribution in [0.3, 0.4) is 0 Å². The van der Waals surface area contributed by atoms with Gasteiger partial charge in [0.05, 0.1) is 17.9 Å². The quantitative estimate of drug-likeness (QED) is 0.678. The number of benzene rings is 1. The first-order valence-corrected chi connectivity index (χ1v) is 9.42. The molecule has 0 saturated carbocycles. The molecule has 5 nitrogen and oxygen atoms in total. The van der Waals surface area contributed by atoms with E-state index in [1.807, 2.05) is 0 Å². The van der Waals surface area contributed by atoms with Crippen molar-refractivity contribution in [1.82, 2.24) is 4.31 Å². The number of ether oxygens (including phenoxy) is 1. The van der Waals surface area contributed by atoms with Gasteiger partial charge in [-0.3, -0.25) is 4.79 Å². The predicted molar refractivity (Wildman–Crippen MR) is 85.3 cm³/mol. The molecule has 1 heterocycles. The molecule has 0 spiro atoms. The molecule has 0 bridgehead atoms. The van der Waals surface area contributed by atoms with E-state index in [0.29, 0.717) is 23.9 Å². The van der Waals surface area contributed by atoms with Gasteiger partial charge in [0.1, 0.15) is 0 Å². The summed E-state index contributed by atoms with van der Waals surface area (Å²) in [7, 11) is -2.31. The molecule has 0 amide bonds. The third kappa shape index (κ3) is 3.67. The summed E-state index contributed by atoms with van der Waals surface area (Å²) in [6.07, 6.45) is 1.30. The molecule has 21 heavy (non-hydrogen) atoms. The molecule has 2 rings (SSSR count). The van der Waals surface area contributed by atoms with Gasteiger partial charge in [0.2, 0.25) is 10.0 Å². The second-order valence-electron chi connectivity index (χ2n) is 4.80. The highest BCUT2D eigenvalue weighted by Crippen LogP contribution is 2.30. The molecule has 0 N–H and O–H groups in total. The van der Waals surface area contributed by atoms with Crippen LogP contribution in [0.2, 0.25) is 0 Å². The van der Waals surface area contributed by atoms with Crippen molar-refractivity contribution in [2.45, 2.75) is 17.7 Å². The fourth-order valence-electron chi connectivity index (χ4n) is 2.34. The number of methoxy groups -OCH3 is 1. The number of hydrogen-bond acceptors (Lipinski definition) is 4. The van der Waals surface area contributed by atoms with Crippen LogP contribution in [-0.2, 0) is 19.6 Å². The van der Waals surface area contributed by atoms with Crippen LogP contribution in [0.5, 0.6) is 0 Å². The number of sulfonamides is 1. The van der Waals surface area contributed by atoms with E-state index in [1.54, 1.807) is 18.2 Å². The van der Waals surface area contributed by atoms with Gasteiger partial charge < -0.3 is 4.74 Å². The van der Waals surface area contributed by atoms with Crippen molar-refractivity contribution >= 4 is 47.9 Å². The molecule has 1 aromatic rings. The zero-order valence-corrected chi connectivity index (χ0v) is 15.4. The maximum atomic E-state index is 12.7. The Balaban J connectivity index is 2.28. The number of halogens is 2. The molecule has 1 aliphatic heterocycles. The van der Waals surface area contributed by atoms with Gasteiger partial charge in [0, 0.05) is 22.0 Å². The molecule has 1 saturated heterocycles.